The van der Waals surface area contributed by atoms with Crippen molar-refractivity contribution < 1.29 is 19.7 Å². The lowest BCUT2D eigenvalue weighted by Crippen LogP contribution is -2.35. The highest BCUT2D eigenvalue weighted by Crippen LogP contribution is 2.47. The van der Waals surface area contributed by atoms with Gasteiger partial charge in [0.25, 0.3) is 0 Å². The third kappa shape index (κ3) is 2.96. The molecule has 2 N–H and O–H groups in total. The Morgan fingerprint density at radius 1 is 1.43 bits per heavy atom. The Morgan fingerprint density at radius 2 is 2.17 bits per heavy atom. The summed E-state index contributed by atoms with van der Waals surface area (Å²) < 4.78 is 5.31. The lowest BCUT2D eigenvalue weighted by molar-refractivity contribution is 0.0697. The molecule has 1 saturated heterocycles. The van der Waals surface area contributed by atoms with E-state index in [-0.39, 0.29) is 16.1 Å². The van der Waals surface area contributed by atoms with Crippen LogP contribution >= 0.6 is 22.7 Å². The molecule has 0 amide bonds. The average molecular weight is 350 g/mol. The quantitative estimate of drug-likeness (QED) is 0.829. The van der Waals surface area contributed by atoms with Gasteiger partial charge in [0, 0.05) is 23.5 Å². The fourth-order valence-corrected chi connectivity index (χ4v) is 4.39. The number of morpholine rings is 1. The molecule has 0 radical (unpaired) electrons. The largest absolute Gasteiger partial charge is 0.477 e. The molecule has 0 aromatic carbocycles. The Kier molecular flexibility index (Phi) is 4.63. The number of anilines is 1. The second-order valence-corrected chi connectivity index (χ2v) is 6.91. The molecule has 120 valence electrons. The first-order valence-electron chi connectivity index (χ1n) is 6.95. The van der Waals surface area contributed by atoms with Gasteiger partial charge >= 0.3 is 5.97 Å². The highest BCUT2D eigenvalue weighted by atomic mass is 32.1. The third-order valence-electron chi connectivity index (χ3n) is 3.59. The van der Waals surface area contributed by atoms with E-state index in [1.165, 1.54) is 11.3 Å². The van der Waals surface area contributed by atoms with Crippen molar-refractivity contribution in [1.82, 2.24) is 0 Å². The monoisotopic (exact) mass is 350 g/mol. The van der Waals surface area contributed by atoms with Crippen molar-refractivity contribution in [2.45, 2.75) is 6.10 Å². The Bertz CT molecular complexity index is 742. The highest BCUT2D eigenvalue weighted by Gasteiger charge is 2.31. The first kappa shape index (κ1) is 16.0. The minimum atomic E-state index is -1.12. The molecular weight excluding hydrogens is 336 g/mol. The summed E-state index contributed by atoms with van der Waals surface area (Å²) in [5.74, 6) is -1.12. The maximum atomic E-state index is 11.6. The Hall–Kier alpha value is -1.92. The molecule has 2 aromatic rings. The maximum absolute atomic E-state index is 11.6. The van der Waals surface area contributed by atoms with Crippen molar-refractivity contribution in [2.75, 3.05) is 31.2 Å². The number of carbonyl (C=O) groups is 1. The van der Waals surface area contributed by atoms with Gasteiger partial charge in [-0.3, -0.25) is 0 Å². The lowest BCUT2D eigenvalue weighted by atomic mass is 10.1. The molecule has 2 aromatic heterocycles. The predicted molar refractivity (Wildman–Crippen MR) is 89.0 cm³/mol. The SMILES string of the molecule is [C-]#[N+]c1c(N2CCOCC2)sc(C(=O)O)c1C(O)c1cccs1. The van der Waals surface area contributed by atoms with Gasteiger partial charge in [-0.2, -0.15) is 0 Å². The Morgan fingerprint density at radius 3 is 2.74 bits per heavy atom. The van der Waals surface area contributed by atoms with E-state index < -0.39 is 12.1 Å². The zero-order valence-electron chi connectivity index (χ0n) is 12.1. The zero-order chi connectivity index (χ0) is 16.4. The van der Waals surface area contributed by atoms with Crippen LogP contribution in [0.4, 0.5) is 10.7 Å². The average Bonchev–Trinajstić information content (AvgIpc) is 3.22. The van der Waals surface area contributed by atoms with Gasteiger partial charge < -0.3 is 19.8 Å². The van der Waals surface area contributed by atoms with Crippen LogP contribution in [0.25, 0.3) is 4.85 Å². The van der Waals surface area contributed by atoms with Crippen LogP contribution in [0.2, 0.25) is 0 Å². The molecule has 1 unspecified atom stereocenters. The number of aliphatic hydroxyl groups excluding tert-OH is 1. The molecule has 1 fully saturated rings. The normalized spacial score (nSPS) is 16.1. The topological polar surface area (TPSA) is 74.4 Å². The second-order valence-electron chi connectivity index (χ2n) is 4.93. The number of hydrogen-bond donors (Lipinski definition) is 2. The van der Waals surface area contributed by atoms with E-state index in [0.29, 0.717) is 36.2 Å². The van der Waals surface area contributed by atoms with E-state index in [0.717, 1.165) is 11.3 Å². The van der Waals surface area contributed by atoms with E-state index in [2.05, 4.69) is 4.85 Å². The van der Waals surface area contributed by atoms with Crippen LogP contribution in [0.1, 0.15) is 26.2 Å². The summed E-state index contributed by atoms with van der Waals surface area (Å²) in [7, 11) is 0. The summed E-state index contributed by atoms with van der Waals surface area (Å²) in [6, 6.07) is 3.52. The number of ether oxygens (including phenoxy) is 1. The Labute approximate surface area is 141 Å². The molecule has 1 aliphatic heterocycles. The number of aromatic carboxylic acids is 1. The van der Waals surface area contributed by atoms with Gasteiger partial charge in [-0.05, 0) is 11.4 Å². The summed E-state index contributed by atoms with van der Waals surface area (Å²) in [5.41, 5.74) is 0.427. The molecular formula is C15H14N2O4S2. The summed E-state index contributed by atoms with van der Waals surface area (Å²) in [6.07, 6.45) is -1.10. The molecule has 6 nitrogen and oxygen atoms in total. The van der Waals surface area contributed by atoms with Crippen molar-refractivity contribution >= 4 is 39.3 Å². The van der Waals surface area contributed by atoms with E-state index in [1.54, 1.807) is 12.1 Å². The lowest BCUT2D eigenvalue weighted by Gasteiger charge is -2.28. The molecule has 0 saturated carbocycles. The van der Waals surface area contributed by atoms with Crippen molar-refractivity contribution in [3.05, 3.63) is 44.2 Å². The molecule has 23 heavy (non-hydrogen) atoms. The minimum Gasteiger partial charge on any atom is -0.477 e. The van der Waals surface area contributed by atoms with Gasteiger partial charge in [-0.1, -0.05) is 6.07 Å². The van der Waals surface area contributed by atoms with Gasteiger partial charge in [0.05, 0.1) is 24.8 Å². The van der Waals surface area contributed by atoms with Crippen molar-refractivity contribution in [3.63, 3.8) is 0 Å². The zero-order valence-corrected chi connectivity index (χ0v) is 13.7. The van der Waals surface area contributed by atoms with Crippen LogP contribution in [-0.4, -0.2) is 42.5 Å². The van der Waals surface area contributed by atoms with E-state index in [1.807, 2.05) is 10.3 Å². The standard InChI is InChI=1S/C15H14N2O4S2/c1-16-11-10(12(18)9-3-2-8-22-9)13(15(19)20)23-14(11)17-4-6-21-7-5-17/h2-3,8,12,18H,4-7H2,(H,19,20). The second kappa shape index (κ2) is 6.68. The molecule has 0 bridgehead atoms. The molecule has 0 spiro atoms. The fourth-order valence-electron chi connectivity index (χ4n) is 2.51. The number of thiophene rings is 2. The number of hydrogen-bond acceptors (Lipinski definition) is 6. The number of carboxylic acids is 1. The predicted octanol–water partition coefficient (Wildman–Crippen LogP) is 2.98. The van der Waals surface area contributed by atoms with Crippen molar-refractivity contribution in [1.29, 1.82) is 0 Å². The minimum absolute atomic E-state index is 0.0263. The first-order valence-corrected chi connectivity index (χ1v) is 8.64. The molecule has 8 heteroatoms. The van der Waals surface area contributed by atoms with Gasteiger partial charge in [0.1, 0.15) is 11.0 Å². The van der Waals surface area contributed by atoms with Crippen LogP contribution in [0, 0.1) is 6.57 Å². The van der Waals surface area contributed by atoms with Crippen molar-refractivity contribution in [3.8, 4) is 0 Å². The summed E-state index contributed by atoms with van der Waals surface area (Å²) in [6.45, 7) is 9.79. The van der Waals surface area contributed by atoms with E-state index >= 15 is 0 Å². The summed E-state index contributed by atoms with van der Waals surface area (Å²) in [5, 5.41) is 22.5. The molecule has 1 atom stereocenters. The van der Waals surface area contributed by atoms with Crippen LogP contribution in [0.15, 0.2) is 17.5 Å². The smallest absolute Gasteiger partial charge is 0.344 e. The van der Waals surface area contributed by atoms with Crippen LogP contribution in [-0.2, 0) is 4.74 Å². The van der Waals surface area contributed by atoms with Gasteiger partial charge in [0.2, 0.25) is 5.69 Å². The first-order chi connectivity index (χ1) is 11.1. The number of aliphatic hydroxyl groups is 1. The number of carboxylic acid groups (broad SMARTS) is 1. The third-order valence-corrected chi connectivity index (χ3v) is 5.76. The Balaban J connectivity index is 2.11. The van der Waals surface area contributed by atoms with Crippen LogP contribution < -0.4 is 4.90 Å². The highest BCUT2D eigenvalue weighted by molar-refractivity contribution is 7.19. The molecule has 0 aliphatic carbocycles. The molecule has 3 heterocycles. The van der Waals surface area contributed by atoms with Gasteiger partial charge in [-0.15, -0.1) is 22.7 Å². The molecule has 1 aliphatic rings. The van der Waals surface area contributed by atoms with Gasteiger partial charge in [-0.25, -0.2) is 9.64 Å². The van der Waals surface area contributed by atoms with E-state index in [4.69, 9.17) is 11.3 Å². The maximum Gasteiger partial charge on any atom is 0.344 e. The number of rotatable bonds is 4. The number of nitrogens with zero attached hydrogens (tertiary/aromatic N) is 2. The summed E-state index contributed by atoms with van der Waals surface area (Å²) >= 11 is 2.39. The molecule has 3 rings (SSSR count). The summed E-state index contributed by atoms with van der Waals surface area (Å²) in [4.78, 5) is 17.8. The van der Waals surface area contributed by atoms with Crippen LogP contribution in [0.5, 0.6) is 0 Å². The van der Waals surface area contributed by atoms with E-state index in [9.17, 15) is 15.0 Å². The fraction of sp³-hybridized carbons (Fsp3) is 0.333. The van der Waals surface area contributed by atoms with Crippen LogP contribution in [0.3, 0.4) is 0 Å². The van der Waals surface area contributed by atoms with Crippen molar-refractivity contribution in [2.24, 2.45) is 0 Å². The van der Waals surface area contributed by atoms with Gasteiger partial charge in [0.15, 0.2) is 0 Å².